The second-order valence-electron chi connectivity index (χ2n) is 34.1. The summed E-state index contributed by atoms with van der Waals surface area (Å²) in [4.78, 5) is 67.2. The van der Waals surface area contributed by atoms with Crippen LogP contribution in [0.1, 0.15) is 142 Å². The van der Waals surface area contributed by atoms with Gasteiger partial charge in [0.2, 0.25) is 0 Å². The van der Waals surface area contributed by atoms with Gasteiger partial charge in [-0.3, -0.25) is 34.2 Å². The van der Waals surface area contributed by atoms with Crippen molar-refractivity contribution in [2.24, 2.45) is 15.0 Å². The molecule has 9 aromatic carbocycles. The van der Waals surface area contributed by atoms with Gasteiger partial charge in [-0.25, -0.2) is 21.6 Å². The molecule has 1 saturated heterocycles. The van der Waals surface area contributed by atoms with E-state index in [1.807, 2.05) is 67.2 Å². The van der Waals surface area contributed by atoms with Crippen LogP contribution in [0.5, 0.6) is 0 Å². The second kappa shape index (κ2) is 33.7. The Hall–Kier alpha value is -11.8. The van der Waals surface area contributed by atoms with Crippen LogP contribution in [0.15, 0.2) is 197 Å². The van der Waals surface area contributed by atoms with E-state index in [4.69, 9.17) is 14.2 Å². The number of carbonyl (C=O) groups excluding carboxylic acids is 4. The van der Waals surface area contributed by atoms with E-state index in [0.717, 1.165) is 140 Å². The summed E-state index contributed by atoms with van der Waals surface area (Å²) >= 11 is 0. The summed E-state index contributed by atoms with van der Waals surface area (Å²) < 4.78 is 88.7. The lowest BCUT2D eigenvalue weighted by atomic mass is 9.84. The predicted molar refractivity (Wildman–Crippen MR) is 469 cm³/mol. The topological polar surface area (TPSA) is 241 Å². The number of aliphatic hydroxyl groups excluding tert-OH is 1. The summed E-state index contributed by atoms with van der Waals surface area (Å²) in [6.45, 7) is 16.3. The Morgan fingerprint density at radius 1 is 0.537 bits per heavy atom. The van der Waals surface area contributed by atoms with Crippen molar-refractivity contribution < 1.29 is 65.2 Å². The first-order valence-electron chi connectivity index (χ1n) is 40.4. The number of Topliss-reactive ketones (excluding diaryl/α,β-unsaturated/α-hetero) is 1. The van der Waals surface area contributed by atoms with Crippen LogP contribution in [0.4, 0.5) is 13.2 Å². The fourth-order valence-electron chi connectivity index (χ4n) is 17.5. The number of likely N-dealkylation sites (tertiary alicyclic amines) is 1. The van der Waals surface area contributed by atoms with Gasteiger partial charge in [0.1, 0.15) is 32.9 Å². The number of halogens is 3. The summed E-state index contributed by atoms with van der Waals surface area (Å²) in [5, 5.41) is 25.9. The molecule has 0 spiro atoms. The molecule has 4 aliphatic heterocycles. The van der Waals surface area contributed by atoms with E-state index in [1.165, 1.54) is 41.3 Å². The maximum absolute atomic E-state index is 14.0. The molecule has 3 aromatic heterocycles. The molecule has 624 valence electrons. The SMILES string of the molecule is COCC(C)(C)c1c(-c2ccc(C(=O)N(C)CCS(C)(=O)=O)cc2)c2cc3c(cc2n1-c1ccc(F)cc1)C=NC3.COCC(C)(C)c1c(-c2ccc(C(=O)N3CCC(O)(CO)C3)cc2)c2cc3c(cc2n1-c1ccc(F)cc1)C=NC3.COCC(C)(C)c1c(-c2ccc(C(=O)N[C@H]3CCC3=O)cc2)c2cc3c(cc2n1-c1ccc(F)cc1)C=NC3. The molecule has 121 heavy (non-hydrogen) atoms. The summed E-state index contributed by atoms with van der Waals surface area (Å²) in [5.74, 6) is -1.59. The van der Waals surface area contributed by atoms with Gasteiger partial charge in [0.15, 0.2) is 5.78 Å². The number of aliphatic imine (C=N–C) groups is 3. The molecule has 2 fully saturated rings. The molecule has 20 nitrogen and oxygen atoms in total. The molecule has 2 atom stereocenters. The van der Waals surface area contributed by atoms with Crippen LogP contribution >= 0.6 is 0 Å². The van der Waals surface area contributed by atoms with Gasteiger partial charge >= 0.3 is 0 Å². The van der Waals surface area contributed by atoms with Gasteiger partial charge in [-0.05, 0) is 209 Å². The Kier molecular flexibility index (Phi) is 23.5. The van der Waals surface area contributed by atoms with E-state index in [-0.39, 0.29) is 72.4 Å². The van der Waals surface area contributed by atoms with E-state index >= 15 is 0 Å². The highest BCUT2D eigenvalue weighted by atomic mass is 32.2. The number of ether oxygens (including phenoxy) is 3. The molecular weight excluding hydrogens is 1560 g/mol. The first kappa shape index (κ1) is 84.3. The number of aromatic nitrogens is 3. The highest BCUT2D eigenvalue weighted by Gasteiger charge is 2.40. The summed E-state index contributed by atoms with van der Waals surface area (Å²) in [5.41, 5.74) is 20.0. The highest BCUT2D eigenvalue weighted by molar-refractivity contribution is 7.90. The number of hydrogen-bond acceptors (Lipinski definition) is 14. The van der Waals surface area contributed by atoms with E-state index in [2.05, 4.69) is 112 Å². The van der Waals surface area contributed by atoms with Crippen molar-refractivity contribution in [1.82, 2.24) is 28.8 Å². The molecule has 1 saturated carbocycles. The zero-order valence-corrected chi connectivity index (χ0v) is 70.5. The Balaban J connectivity index is 0.000000141. The number of benzene rings is 9. The fraction of sp³-hybridized carbons (Fsp3) is 0.309. The Morgan fingerprint density at radius 2 is 0.893 bits per heavy atom. The van der Waals surface area contributed by atoms with Crippen LogP contribution in [0.2, 0.25) is 0 Å². The van der Waals surface area contributed by atoms with E-state index in [0.29, 0.717) is 82.0 Å². The van der Waals surface area contributed by atoms with Gasteiger partial charge in [0.05, 0.1) is 81.0 Å². The zero-order chi connectivity index (χ0) is 85.8. The number of methoxy groups -OCH3 is 3. The lowest BCUT2D eigenvalue weighted by molar-refractivity contribution is -0.126. The molecule has 3 N–H and O–H groups in total. The molecule has 17 rings (SSSR count). The van der Waals surface area contributed by atoms with Crippen molar-refractivity contribution in [3.8, 4) is 50.4 Å². The molecule has 1 aliphatic carbocycles. The van der Waals surface area contributed by atoms with Gasteiger partial charge in [-0.15, -0.1) is 0 Å². The van der Waals surface area contributed by atoms with Crippen LogP contribution in [-0.4, -0.2) is 182 Å². The number of nitrogens with zero attached hydrogens (tertiary/aromatic N) is 8. The van der Waals surface area contributed by atoms with Crippen molar-refractivity contribution in [1.29, 1.82) is 0 Å². The Morgan fingerprint density at radius 3 is 1.21 bits per heavy atom. The number of ketones is 1. The Labute approximate surface area is 701 Å². The minimum atomic E-state index is -3.19. The summed E-state index contributed by atoms with van der Waals surface area (Å²) in [6, 6.07) is 54.6. The van der Waals surface area contributed by atoms with E-state index in [9.17, 15) is 51.0 Å². The highest BCUT2D eigenvalue weighted by Crippen LogP contribution is 2.49. The first-order valence-corrected chi connectivity index (χ1v) is 42.5. The monoisotopic (exact) mass is 1650 g/mol. The minimum absolute atomic E-state index is 0.0788. The number of amides is 3. The number of nitrogens with one attached hydrogen (secondary N) is 1. The maximum atomic E-state index is 14.0. The molecule has 7 heterocycles. The molecule has 0 radical (unpaired) electrons. The van der Waals surface area contributed by atoms with E-state index < -0.39 is 31.7 Å². The summed E-state index contributed by atoms with van der Waals surface area (Å²) in [6.07, 6.45) is 8.41. The van der Waals surface area contributed by atoms with Crippen LogP contribution in [0, 0.1) is 17.5 Å². The number of hydrogen-bond donors (Lipinski definition) is 3. The molecule has 3 amide bonds. The van der Waals surface area contributed by atoms with Gasteiger partial charge < -0.3 is 53.2 Å². The number of sulfone groups is 1. The average molecular weight is 1650 g/mol. The lowest BCUT2D eigenvalue weighted by Gasteiger charge is -2.28. The first-order chi connectivity index (χ1) is 57.8. The van der Waals surface area contributed by atoms with Gasteiger partial charge in [0.25, 0.3) is 17.7 Å². The number of fused-ring (bicyclic) bond motifs is 6. The third-order valence-electron chi connectivity index (χ3n) is 23.6. The minimum Gasteiger partial charge on any atom is -0.393 e. The van der Waals surface area contributed by atoms with Gasteiger partial charge in [-0.1, -0.05) is 77.9 Å². The van der Waals surface area contributed by atoms with Crippen molar-refractivity contribution in [2.75, 3.05) is 86.4 Å². The van der Waals surface area contributed by atoms with Crippen LogP contribution in [0.3, 0.4) is 0 Å². The smallest absolute Gasteiger partial charge is 0.253 e. The van der Waals surface area contributed by atoms with Crippen molar-refractivity contribution >= 4 is 84.7 Å². The van der Waals surface area contributed by atoms with Crippen LogP contribution < -0.4 is 5.32 Å². The molecule has 12 aromatic rings. The fourth-order valence-corrected chi connectivity index (χ4v) is 18.1. The number of β-amino-alcohol motifs (C(OH)–C–C–N with tert-alkyl or cyclic N) is 1. The zero-order valence-electron chi connectivity index (χ0n) is 69.7. The number of aliphatic hydroxyl groups is 2. The van der Waals surface area contributed by atoms with Gasteiger partial charge in [0, 0.05) is 173 Å². The molecule has 1 unspecified atom stereocenters. The van der Waals surface area contributed by atoms with Crippen LogP contribution in [0.25, 0.3) is 83.2 Å². The molecule has 0 bridgehead atoms. The Bertz CT molecular complexity index is 6250. The average Bonchev–Trinajstić information content (AvgIpc) is 1.57. The standard InChI is InChI=1S/C33H34FN3O4.C32H34FN3O4S.C32H30FN3O3/c1-32(2,20-41-3)30-29(21-4-6-22(7-5-21)31(39)36-13-12-33(40,18-36)19-38)27-14-23-16-35-17-24(23)15-28(27)37(30)26-10-8-25(34)9-11-26;1-32(2,20-40-4)30-29(21-6-8-22(9-7-21)31(37)35(3)14-15-41(5,38)39)27-16-23-18-34-19-24(23)17-28(27)36(30)26-12-10-25(33)11-13-26;1-32(2,18-39-3)30-29(19-4-6-20(7-5-19)31(38)35-26-12-13-28(26)37)25-14-21-16-34-17-22(21)15-27(25)36(30)24-10-8-23(33)9-11-24/h4-11,14-15,17,38,40H,12-13,16,18-20H2,1-3H3;6-13,16-17,19H,14-15,18,20H2,1-5H3;4-11,14-15,17,26H,12-13,16,18H2,1-3H3,(H,35,38)/t;;26-/m..0/s1. The predicted octanol–water partition coefficient (Wildman–Crippen LogP) is 16.0. The third-order valence-corrected chi connectivity index (χ3v) is 24.5. The normalized spacial score (nSPS) is 16.0. The maximum Gasteiger partial charge on any atom is 0.253 e. The second-order valence-corrected chi connectivity index (χ2v) is 36.4. The summed E-state index contributed by atoms with van der Waals surface area (Å²) in [7, 11) is 3.48. The molecular formula is C97H98F3N9O11S. The largest absolute Gasteiger partial charge is 0.393 e. The van der Waals surface area contributed by atoms with Crippen molar-refractivity contribution in [3.63, 3.8) is 0 Å². The van der Waals surface area contributed by atoms with Crippen molar-refractivity contribution in [3.05, 3.63) is 267 Å². The van der Waals surface area contributed by atoms with Gasteiger partial charge in [-0.2, -0.15) is 0 Å². The van der Waals surface area contributed by atoms with Crippen LogP contribution in [-0.2, 0) is 64.7 Å². The number of rotatable bonds is 23. The van der Waals surface area contributed by atoms with Crippen molar-refractivity contribution in [2.45, 2.75) is 108 Å². The quantitative estimate of drug-likeness (QED) is 0.0544. The third kappa shape index (κ3) is 16.8. The lowest BCUT2D eigenvalue weighted by Crippen LogP contribution is -2.47. The van der Waals surface area contributed by atoms with E-state index in [1.54, 1.807) is 93.9 Å². The number of carbonyl (C=O) groups is 4. The molecule has 5 aliphatic rings. The molecule has 24 heteroatoms.